The van der Waals surface area contributed by atoms with Gasteiger partial charge in [0.05, 0.1) is 5.92 Å². The molecule has 9 heteroatoms. The van der Waals surface area contributed by atoms with Crippen molar-refractivity contribution in [3.05, 3.63) is 78.3 Å². The Kier molecular flexibility index (Phi) is 5.83. The molecular formula is C22H18F2N4O3. The van der Waals surface area contributed by atoms with E-state index in [0.717, 1.165) is 23.8 Å². The molecule has 3 heterocycles. The summed E-state index contributed by atoms with van der Waals surface area (Å²) < 4.78 is 32.8. The normalized spacial score (nSPS) is 15.7. The van der Waals surface area contributed by atoms with Crippen LogP contribution in [-0.2, 0) is 16.2 Å². The first-order valence-corrected chi connectivity index (χ1v) is 9.53. The number of pyridine rings is 2. The van der Waals surface area contributed by atoms with Crippen molar-refractivity contribution in [3.63, 3.8) is 0 Å². The molecule has 1 aliphatic heterocycles. The number of carbonyl (C=O) groups is 2. The molecule has 0 aliphatic carbocycles. The van der Waals surface area contributed by atoms with Gasteiger partial charge in [-0.15, -0.1) is 0 Å². The Labute approximate surface area is 176 Å². The minimum atomic E-state index is -0.792. The Balaban J connectivity index is 1.43. The van der Waals surface area contributed by atoms with E-state index in [1.165, 1.54) is 11.1 Å². The molecule has 0 saturated carbocycles. The zero-order valence-corrected chi connectivity index (χ0v) is 16.3. The summed E-state index contributed by atoms with van der Waals surface area (Å²) in [5, 5.41) is 2.69. The Morgan fingerprint density at radius 2 is 1.87 bits per heavy atom. The average molecular weight is 424 g/mol. The van der Waals surface area contributed by atoms with Crippen molar-refractivity contribution < 1.29 is 23.1 Å². The van der Waals surface area contributed by atoms with Crippen molar-refractivity contribution in [2.24, 2.45) is 5.92 Å². The highest BCUT2D eigenvalue weighted by Crippen LogP contribution is 2.29. The zero-order chi connectivity index (χ0) is 21.8. The third kappa shape index (κ3) is 4.82. The molecule has 2 amide bonds. The molecule has 2 aromatic heterocycles. The van der Waals surface area contributed by atoms with E-state index in [4.69, 9.17) is 4.74 Å². The van der Waals surface area contributed by atoms with Crippen LogP contribution >= 0.6 is 0 Å². The Morgan fingerprint density at radius 3 is 2.61 bits per heavy atom. The number of halogens is 2. The number of ether oxygens (including phenoxy) is 1. The second-order valence-corrected chi connectivity index (χ2v) is 7.02. The van der Waals surface area contributed by atoms with Crippen LogP contribution in [0.3, 0.4) is 0 Å². The van der Waals surface area contributed by atoms with Gasteiger partial charge in [0.25, 0.3) is 0 Å². The number of carbonyl (C=O) groups excluding carboxylic acids is 2. The maximum absolute atomic E-state index is 13.5. The predicted octanol–water partition coefficient (Wildman–Crippen LogP) is 3.33. The molecule has 3 aromatic rings. The van der Waals surface area contributed by atoms with Crippen LogP contribution < -0.4 is 15.0 Å². The van der Waals surface area contributed by atoms with E-state index in [-0.39, 0.29) is 37.0 Å². The van der Waals surface area contributed by atoms with Crippen LogP contribution in [0.25, 0.3) is 0 Å². The van der Waals surface area contributed by atoms with Crippen LogP contribution in [0.15, 0.2) is 61.1 Å². The van der Waals surface area contributed by atoms with E-state index in [0.29, 0.717) is 5.75 Å². The van der Waals surface area contributed by atoms with E-state index >= 15 is 0 Å². The van der Waals surface area contributed by atoms with E-state index in [1.807, 2.05) is 12.1 Å². The van der Waals surface area contributed by atoms with Crippen molar-refractivity contribution in [1.82, 2.24) is 9.97 Å². The first-order valence-electron chi connectivity index (χ1n) is 9.53. The van der Waals surface area contributed by atoms with Gasteiger partial charge in [-0.3, -0.25) is 14.6 Å². The van der Waals surface area contributed by atoms with Crippen LogP contribution in [0.5, 0.6) is 5.75 Å². The van der Waals surface area contributed by atoms with Gasteiger partial charge in [-0.1, -0.05) is 0 Å². The van der Waals surface area contributed by atoms with E-state index < -0.39 is 23.5 Å². The highest BCUT2D eigenvalue weighted by Gasteiger charge is 2.36. The molecule has 158 valence electrons. The summed E-state index contributed by atoms with van der Waals surface area (Å²) in [6, 6.07) is 9.81. The molecule has 1 aromatic carbocycles. The molecule has 1 atom stereocenters. The van der Waals surface area contributed by atoms with Crippen molar-refractivity contribution in [3.8, 4) is 5.75 Å². The summed E-state index contributed by atoms with van der Waals surface area (Å²) >= 11 is 0. The maximum atomic E-state index is 13.5. The fraction of sp³-hybridized carbons (Fsp3) is 0.182. The molecule has 0 bridgehead atoms. The van der Waals surface area contributed by atoms with Crippen LogP contribution in [0.2, 0.25) is 0 Å². The molecule has 1 saturated heterocycles. The van der Waals surface area contributed by atoms with Gasteiger partial charge in [0.1, 0.15) is 18.2 Å². The first kappa shape index (κ1) is 20.4. The monoisotopic (exact) mass is 424 g/mol. The predicted molar refractivity (Wildman–Crippen MR) is 108 cm³/mol. The van der Waals surface area contributed by atoms with Crippen LogP contribution in [0, 0.1) is 17.6 Å². The summed E-state index contributed by atoms with van der Waals surface area (Å²) in [5.74, 6) is -2.50. The number of amides is 2. The Bertz CT molecular complexity index is 1090. The standard InChI is InChI=1S/C22H18F2N4O3/c23-16-9-17(24)11-18(10-16)28-12-15(8-20(28)29)22(30)27-21-19(2-1-5-26-21)31-13-14-3-6-25-7-4-14/h1-7,9-11,15H,8,12-13H2,(H,26,27,30). The number of nitrogens with one attached hydrogen (secondary N) is 1. The number of aromatic nitrogens is 2. The highest BCUT2D eigenvalue weighted by atomic mass is 19.1. The minimum absolute atomic E-state index is 0.00754. The van der Waals surface area contributed by atoms with Crippen molar-refractivity contribution >= 4 is 23.3 Å². The van der Waals surface area contributed by atoms with E-state index in [9.17, 15) is 18.4 Å². The third-order valence-electron chi connectivity index (χ3n) is 4.81. The summed E-state index contributed by atoms with van der Waals surface area (Å²) in [6.07, 6.45) is 4.73. The number of hydrogen-bond donors (Lipinski definition) is 1. The number of hydrogen-bond acceptors (Lipinski definition) is 5. The number of rotatable bonds is 6. The quantitative estimate of drug-likeness (QED) is 0.656. The van der Waals surface area contributed by atoms with Crippen molar-refractivity contribution in [1.29, 1.82) is 0 Å². The lowest BCUT2D eigenvalue weighted by atomic mass is 10.1. The van der Waals surface area contributed by atoms with Crippen molar-refractivity contribution in [2.75, 3.05) is 16.8 Å². The molecule has 1 aliphatic rings. The number of benzene rings is 1. The summed E-state index contributed by atoms with van der Waals surface area (Å²) in [4.78, 5) is 34.4. The van der Waals surface area contributed by atoms with Gasteiger partial charge >= 0.3 is 0 Å². The van der Waals surface area contributed by atoms with Crippen LogP contribution in [0.4, 0.5) is 20.3 Å². The molecule has 7 nitrogen and oxygen atoms in total. The van der Waals surface area contributed by atoms with Gasteiger partial charge in [0.2, 0.25) is 11.8 Å². The topological polar surface area (TPSA) is 84.4 Å². The van der Waals surface area contributed by atoms with E-state index in [2.05, 4.69) is 15.3 Å². The molecule has 0 radical (unpaired) electrons. The van der Waals surface area contributed by atoms with E-state index in [1.54, 1.807) is 24.5 Å². The van der Waals surface area contributed by atoms with Gasteiger partial charge in [-0.25, -0.2) is 13.8 Å². The molecule has 31 heavy (non-hydrogen) atoms. The van der Waals surface area contributed by atoms with Crippen LogP contribution in [-0.4, -0.2) is 28.3 Å². The molecule has 0 spiro atoms. The van der Waals surface area contributed by atoms with Gasteiger partial charge in [-0.05, 0) is 42.0 Å². The molecule has 4 rings (SSSR count). The first-order chi connectivity index (χ1) is 15.0. The lowest BCUT2D eigenvalue weighted by Crippen LogP contribution is -2.28. The summed E-state index contributed by atoms with van der Waals surface area (Å²) in [7, 11) is 0. The van der Waals surface area contributed by atoms with Gasteiger partial charge < -0.3 is 15.0 Å². The average Bonchev–Trinajstić information content (AvgIpc) is 3.15. The van der Waals surface area contributed by atoms with Crippen LogP contribution in [0.1, 0.15) is 12.0 Å². The minimum Gasteiger partial charge on any atom is -0.485 e. The van der Waals surface area contributed by atoms with Gasteiger partial charge in [-0.2, -0.15) is 0 Å². The fourth-order valence-electron chi connectivity index (χ4n) is 3.29. The zero-order valence-electron chi connectivity index (χ0n) is 16.3. The van der Waals surface area contributed by atoms with Crippen molar-refractivity contribution in [2.45, 2.75) is 13.0 Å². The van der Waals surface area contributed by atoms with Gasteiger partial charge in [0, 0.05) is 43.3 Å². The summed E-state index contributed by atoms with van der Waals surface area (Å²) in [5.41, 5.74) is 0.979. The SMILES string of the molecule is O=C(Nc1ncccc1OCc1ccncc1)C1CC(=O)N(c2cc(F)cc(F)c2)C1. The second-order valence-electron chi connectivity index (χ2n) is 7.02. The fourth-order valence-corrected chi connectivity index (χ4v) is 3.29. The highest BCUT2D eigenvalue weighted by molar-refractivity contribution is 6.03. The maximum Gasteiger partial charge on any atom is 0.231 e. The summed E-state index contributed by atoms with van der Waals surface area (Å²) in [6.45, 7) is 0.269. The third-order valence-corrected chi connectivity index (χ3v) is 4.81. The second kappa shape index (κ2) is 8.86. The number of nitrogens with zero attached hydrogens (tertiary/aromatic N) is 3. The molecule has 1 fully saturated rings. The van der Waals surface area contributed by atoms with Gasteiger partial charge in [0.15, 0.2) is 11.6 Å². The Hall–Kier alpha value is -3.88. The molecule has 1 unspecified atom stereocenters. The number of anilines is 2. The lowest BCUT2D eigenvalue weighted by molar-refractivity contribution is -0.122. The molecule has 1 N–H and O–H groups in total. The largest absolute Gasteiger partial charge is 0.485 e. The smallest absolute Gasteiger partial charge is 0.231 e. The lowest BCUT2D eigenvalue weighted by Gasteiger charge is -2.17. The Morgan fingerprint density at radius 1 is 1.13 bits per heavy atom. The molecular weight excluding hydrogens is 406 g/mol.